The van der Waals surface area contributed by atoms with Crippen LogP contribution in [0.3, 0.4) is 0 Å². The quantitative estimate of drug-likeness (QED) is 0.143. The van der Waals surface area contributed by atoms with Gasteiger partial charge in [-0.2, -0.15) is 92.2 Å². The lowest BCUT2D eigenvalue weighted by atomic mass is 9.43. The molecule has 0 unspecified atom stereocenters. The number of carbonyl (C=O) groups excluding carboxylic acids is 1. The van der Waals surface area contributed by atoms with Gasteiger partial charge in [0.2, 0.25) is 0 Å². The predicted octanol–water partition coefficient (Wildman–Crippen LogP) is 10.8. The van der Waals surface area contributed by atoms with Gasteiger partial charge in [-0.05, 0) is 104 Å². The lowest BCUT2D eigenvalue weighted by Crippen LogP contribution is -2.77. The maximum absolute atomic E-state index is 14.5. The Hall–Kier alpha value is -2.08. The van der Waals surface area contributed by atoms with Gasteiger partial charge in [0.15, 0.2) is 0 Å². The van der Waals surface area contributed by atoms with Crippen LogP contribution < -0.4 is 0 Å². The summed E-state index contributed by atoms with van der Waals surface area (Å²) in [5.41, 5.74) is -1.06. The van der Waals surface area contributed by atoms with Gasteiger partial charge in [-0.15, -0.1) is 0 Å². The predicted molar refractivity (Wildman–Crippen MR) is 158 cm³/mol. The number of esters is 1. The molecule has 0 spiro atoms. The molecule has 10 atom stereocenters. The molecule has 4 rings (SSSR count). The van der Waals surface area contributed by atoms with Crippen molar-refractivity contribution in [2.45, 2.75) is 150 Å². The number of alkyl halides is 21. The molecule has 4 saturated carbocycles. The third kappa shape index (κ3) is 6.60. The second kappa shape index (κ2) is 14.5. The number of aliphatic hydroxyl groups is 2. The van der Waals surface area contributed by atoms with Gasteiger partial charge in [-0.1, -0.05) is 20.8 Å². The zero-order chi connectivity index (χ0) is 46.0. The molecule has 0 aromatic carbocycles. The van der Waals surface area contributed by atoms with Gasteiger partial charge in [-0.25, -0.2) is 4.79 Å². The minimum absolute atomic E-state index is 0.0639. The molecular weight excluding hydrogens is 871 g/mol. The maximum atomic E-state index is 14.5. The number of fused-ring (bicyclic) bond motifs is 5. The Balaban J connectivity index is 1.50. The van der Waals surface area contributed by atoms with Gasteiger partial charge in [0.05, 0.1) is 18.8 Å². The monoisotopic (exact) mass is 910 g/mol. The Morgan fingerprint density at radius 3 is 1.54 bits per heavy atom. The van der Waals surface area contributed by atoms with Crippen molar-refractivity contribution in [3.63, 3.8) is 0 Å². The van der Waals surface area contributed by atoms with E-state index in [0.29, 0.717) is 38.5 Å². The van der Waals surface area contributed by atoms with Crippen LogP contribution in [0.15, 0.2) is 0 Å². The van der Waals surface area contributed by atoms with Gasteiger partial charge in [0.1, 0.15) is 0 Å². The SMILES string of the molecule is C[C@H](CCOC(=O)C(F)(F)C(F)(F)C(F)(F)C(F)(F)C(F)(F)C(F)(F)C(F)(F)C(F)(F)C(F)(F)C(F)(F)F)[C@H]1CC[C@H]2[C@@H]3CC[C@@H]4C[C@H](O)CC[C@]4(C)[C@H]3C[C@H](O)[C@]12C. The van der Waals surface area contributed by atoms with E-state index in [9.17, 15) is 107 Å². The fourth-order valence-electron chi connectivity index (χ4n) is 10.5. The first-order valence-corrected chi connectivity index (χ1v) is 18.1. The van der Waals surface area contributed by atoms with E-state index in [1.165, 1.54) is 6.92 Å². The highest BCUT2D eigenvalue weighted by atomic mass is 19.4. The van der Waals surface area contributed by atoms with E-state index in [1.54, 1.807) is 6.92 Å². The molecule has 346 valence electrons. The van der Waals surface area contributed by atoms with Crippen LogP contribution in [0.1, 0.15) is 78.6 Å². The summed E-state index contributed by atoms with van der Waals surface area (Å²) < 4.78 is 292. The highest BCUT2D eigenvalue weighted by Gasteiger charge is 2.98. The van der Waals surface area contributed by atoms with Crippen molar-refractivity contribution in [1.82, 2.24) is 0 Å². The molecule has 0 saturated heterocycles. The molecule has 0 bridgehead atoms. The van der Waals surface area contributed by atoms with Crippen LogP contribution in [-0.2, 0) is 9.53 Å². The second-order valence-electron chi connectivity index (χ2n) is 17.0. The number of hydrogen-bond acceptors (Lipinski definition) is 4. The van der Waals surface area contributed by atoms with Crippen molar-refractivity contribution in [3.05, 3.63) is 0 Å². The Bertz CT molecular complexity index is 1570. The van der Waals surface area contributed by atoms with E-state index in [2.05, 4.69) is 11.7 Å². The van der Waals surface area contributed by atoms with E-state index in [4.69, 9.17) is 0 Å². The molecule has 0 radical (unpaired) electrons. The first-order valence-electron chi connectivity index (χ1n) is 18.1. The molecular formula is C34H39F21O4. The Kier molecular flexibility index (Phi) is 12.2. The molecule has 4 fully saturated rings. The van der Waals surface area contributed by atoms with Gasteiger partial charge in [-0.3, -0.25) is 0 Å². The lowest BCUT2D eigenvalue weighted by molar-refractivity contribution is -0.473. The molecule has 59 heavy (non-hydrogen) atoms. The lowest BCUT2D eigenvalue weighted by Gasteiger charge is -2.62. The minimum atomic E-state index is -9.30. The molecule has 4 aliphatic carbocycles. The molecule has 4 nitrogen and oxygen atoms in total. The largest absolute Gasteiger partial charge is 0.461 e. The topological polar surface area (TPSA) is 66.8 Å². The van der Waals surface area contributed by atoms with Crippen molar-refractivity contribution < 1.29 is 112 Å². The van der Waals surface area contributed by atoms with Crippen LogP contribution in [0.25, 0.3) is 0 Å². The van der Waals surface area contributed by atoms with E-state index in [1.807, 2.05) is 0 Å². The van der Waals surface area contributed by atoms with Crippen LogP contribution in [0, 0.1) is 46.3 Å². The van der Waals surface area contributed by atoms with Gasteiger partial charge >= 0.3 is 65.4 Å². The summed E-state index contributed by atoms with van der Waals surface area (Å²) >= 11 is 0. The van der Waals surface area contributed by atoms with E-state index in [-0.39, 0.29) is 29.1 Å². The minimum Gasteiger partial charge on any atom is -0.461 e. The van der Waals surface area contributed by atoms with Crippen LogP contribution in [0.2, 0.25) is 0 Å². The smallest absolute Gasteiger partial charge is 0.460 e. The second-order valence-corrected chi connectivity index (χ2v) is 17.0. The molecule has 0 amide bonds. The number of halogens is 21. The summed E-state index contributed by atoms with van der Waals surface area (Å²) in [5, 5.41) is 21.8. The maximum Gasteiger partial charge on any atom is 0.460 e. The third-order valence-corrected chi connectivity index (χ3v) is 14.1. The van der Waals surface area contributed by atoms with Crippen molar-refractivity contribution in [1.29, 1.82) is 0 Å². The van der Waals surface area contributed by atoms with E-state index < -0.39 is 108 Å². The zero-order valence-electron chi connectivity index (χ0n) is 30.8. The van der Waals surface area contributed by atoms with Crippen molar-refractivity contribution in [3.8, 4) is 0 Å². The summed E-state index contributed by atoms with van der Waals surface area (Å²) in [6.07, 6.45) is -5.40. The van der Waals surface area contributed by atoms with Gasteiger partial charge in [0.25, 0.3) is 0 Å². The summed E-state index contributed by atoms with van der Waals surface area (Å²) in [5.74, 6) is -84.1. The standard InChI is InChI=1S/C34H39F21O4/c1-14(18-6-7-19-17-5-4-15-12-16(56)8-10-23(15,2)20(17)13-21(57)24(18,19)3)9-11-59-22(58)25(35,36)26(37,38)27(39,40)28(41,42)29(43,44)30(45,46)31(47,48)32(49,50)33(51,52)34(53,54)55/h14-21,56-57H,4-13H2,1-3H3/t14-,15-,16-,17+,18-,19+,20+,21+,23+,24-/m1/s1. The van der Waals surface area contributed by atoms with Gasteiger partial charge < -0.3 is 14.9 Å². The summed E-state index contributed by atoms with van der Waals surface area (Å²) in [4.78, 5) is 12.0. The van der Waals surface area contributed by atoms with Crippen molar-refractivity contribution in [2.24, 2.45) is 46.3 Å². The van der Waals surface area contributed by atoms with Crippen LogP contribution in [0.4, 0.5) is 92.2 Å². The number of aliphatic hydroxyl groups excluding tert-OH is 2. The zero-order valence-corrected chi connectivity index (χ0v) is 30.8. The highest BCUT2D eigenvalue weighted by molar-refractivity contribution is 5.79. The Morgan fingerprint density at radius 1 is 0.610 bits per heavy atom. The van der Waals surface area contributed by atoms with Crippen molar-refractivity contribution >= 4 is 5.97 Å². The Morgan fingerprint density at radius 2 is 1.07 bits per heavy atom. The van der Waals surface area contributed by atoms with Crippen molar-refractivity contribution in [2.75, 3.05) is 6.61 Å². The molecule has 0 aliphatic heterocycles. The van der Waals surface area contributed by atoms with Crippen LogP contribution in [0.5, 0.6) is 0 Å². The molecule has 25 heteroatoms. The fraction of sp³-hybridized carbons (Fsp3) is 0.971. The molecule has 4 aliphatic rings. The molecule has 0 aromatic heterocycles. The Labute approximate surface area is 321 Å². The van der Waals surface area contributed by atoms with Crippen LogP contribution >= 0.6 is 0 Å². The number of hydrogen-bond donors (Lipinski definition) is 2. The third-order valence-electron chi connectivity index (χ3n) is 14.1. The first kappa shape index (κ1) is 49.6. The highest BCUT2D eigenvalue weighted by Crippen LogP contribution is 2.69. The number of ether oxygens (including phenoxy) is 1. The summed E-state index contributed by atoms with van der Waals surface area (Å²) in [6.45, 7) is 3.87. The first-order chi connectivity index (χ1) is 26.1. The summed E-state index contributed by atoms with van der Waals surface area (Å²) in [6, 6.07) is 0. The number of carbonyl (C=O) groups is 1. The molecule has 0 aromatic rings. The normalized spacial score (nSPS) is 33.8. The van der Waals surface area contributed by atoms with Crippen LogP contribution in [-0.4, -0.2) is 94.5 Å². The average molecular weight is 911 g/mol. The fourth-order valence-corrected chi connectivity index (χ4v) is 10.5. The molecule has 0 heterocycles. The summed E-state index contributed by atoms with van der Waals surface area (Å²) in [7, 11) is 0. The average Bonchev–Trinajstić information content (AvgIpc) is 3.46. The van der Waals surface area contributed by atoms with E-state index in [0.717, 1.165) is 12.8 Å². The molecule has 2 N–H and O–H groups in total. The number of rotatable bonds is 13. The van der Waals surface area contributed by atoms with E-state index >= 15 is 0 Å². The van der Waals surface area contributed by atoms with Gasteiger partial charge in [0, 0.05) is 0 Å².